The van der Waals surface area contributed by atoms with Gasteiger partial charge in [-0.25, -0.2) is 0 Å². The molecule has 2 aliphatic rings. The Morgan fingerprint density at radius 1 is 1.00 bits per heavy atom. The second-order valence-electron chi connectivity index (χ2n) is 9.18. The van der Waals surface area contributed by atoms with E-state index in [0.29, 0.717) is 26.3 Å². The first-order chi connectivity index (χ1) is 15.8. The number of carbonyl (C=O) groups excluding carboxylic acids is 1. The maximum absolute atomic E-state index is 13.6. The maximum atomic E-state index is 13.6. The minimum Gasteiger partial charge on any atom is -0.464 e. The lowest BCUT2D eigenvalue weighted by molar-refractivity contribution is 0.0734. The van der Waals surface area contributed by atoms with Gasteiger partial charge in [-0.1, -0.05) is 36.8 Å². The molecule has 2 aromatic carbocycles. The Hall–Kier alpha value is -2.63. The van der Waals surface area contributed by atoms with Crippen molar-refractivity contribution in [1.29, 1.82) is 0 Å². The average Bonchev–Trinajstić information content (AvgIpc) is 3.17. The molecule has 2 aliphatic heterocycles. The van der Waals surface area contributed by atoms with Gasteiger partial charge in [-0.05, 0) is 61.7 Å². The summed E-state index contributed by atoms with van der Waals surface area (Å²) in [6, 6.07) is 16.5. The Bertz CT molecular complexity index is 1050. The predicted octanol–water partition coefficient (Wildman–Crippen LogP) is 4.75. The number of piperidine rings is 1. The molecule has 1 unspecified atom stereocenters. The van der Waals surface area contributed by atoms with Crippen LogP contribution in [0.4, 0.5) is 0 Å². The third-order valence-electron chi connectivity index (χ3n) is 6.76. The molecule has 2 saturated heterocycles. The SMILES string of the molecule is O=C(c1ccccc1CN1CCCCC1)N1CCOCC(Cc2ccc3ccoc3c2)C1. The van der Waals surface area contributed by atoms with Crippen LogP contribution >= 0.6 is 0 Å². The standard InChI is InChI=1S/C27H32N2O3/c30-27(25-7-3-2-6-24(25)19-28-11-4-1-5-12-28)29-13-15-31-20-22(18-29)16-21-8-9-23-10-14-32-26(23)17-21/h2-3,6-10,14,17,22H,1,4-5,11-13,15-16,18-20H2. The summed E-state index contributed by atoms with van der Waals surface area (Å²) in [6.45, 7) is 5.74. The highest BCUT2D eigenvalue weighted by Crippen LogP contribution is 2.22. The van der Waals surface area contributed by atoms with Crippen LogP contribution in [0.2, 0.25) is 0 Å². The zero-order valence-corrected chi connectivity index (χ0v) is 18.7. The van der Waals surface area contributed by atoms with Crippen LogP contribution < -0.4 is 0 Å². The number of ether oxygens (including phenoxy) is 1. The lowest BCUT2D eigenvalue weighted by atomic mass is 9.98. The zero-order valence-electron chi connectivity index (χ0n) is 18.7. The highest BCUT2D eigenvalue weighted by molar-refractivity contribution is 5.95. The highest BCUT2D eigenvalue weighted by atomic mass is 16.5. The predicted molar refractivity (Wildman–Crippen MR) is 126 cm³/mol. The van der Waals surface area contributed by atoms with Gasteiger partial charge in [-0.2, -0.15) is 0 Å². The van der Waals surface area contributed by atoms with Crippen molar-refractivity contribution in [2.45, 2.75) is 32.2 Å². The number of likely N-dealkylation sites (tertiary alicyclic amines) is 1. The number of benzene rings is 2. The van der Waals surface area contributed by atoms with Crippen molar-refractivity contribution >= 4 is 16.9 Å². The Kier molecular flexibility index (Phi) is 6.56. The number of rotatable bonds is 5. The lowest BCUT2D eigenvalue weighted by Crippen LogP contribution is -2.37. The summed E-state index contributed by atoms with van der Waals surface area (Å²) < 4.78 is 11.5. The van der Waals surface area contributed by atoms with Crippen molar-refractivity contribution in [3.05, 3.63) is 71.5 Å². The van der Waals surface area contributed by atoms with E-state index in [0.717, 1.165) is 48.2 Å². The van der Waals surface area contributed by atoms with Gasteiger partial charge in [-0.3, -0.25) is 9.69 Å². The van der Waals surface area contributed by atoms with Crippen LogP contribution in [-0.2, 0) is 17.7 Å². The van der Waals surface area contributed by atoms with Crippen molar-refractivity contribution < 1.29 is 13.9 Å². The Labute approximate surface area is 189 Å². The molecule has 0 aliphatic carbocycles. The van der Waals surface area contributed by atoms with Gasteiger partial charge in [0.25, 0.3) is 5.91 Å². The molecule has 3 heterocycles. The largest absolute Gasteiger partial charge is 0.464 e. The molecule has 0 spiro atoms. The van der Waals surface area contributed by atoms with E-state index in [2.05, 4.69) is 35.2 Å². The van der Waals surface area contributed by atoms with Crippen LogP contribution in [0.3, 0.4) is 0 Å². The van der Waals surface area contributed by atoms with E-state index in [1.54, 1.807) is 6.26 Å². The Morgan fingerprint density at radius 2 is 1.88 bits per heavy atom. The molecule has 0 bridgehead atoms. The molecule has 1 amide bonds. The minimum absolute atomic E-state index is 0.134. The van der Waals surface area contributed by atoms with E-state index in [9.17, 15) is 4.79 Å². The molecule has 0 radical (unpaired) electrons. The van der Waals surface area contributed by atoms with Gasteiger partial charge in [0, 0.05) is 36.5 Å². The van der Waals surface area contributed by atoms with E-state index < -0.39 is 0 Å². The number of hydrogen-bond donors (Lipinski definition) is 0. The number of carbonyl (C=O) groups is 1. The summed E-state index contributed by atoms with van der Waals surface area (Å²) in [6.07, 6.45) is 6.43. The Morgan fingerprint density at radius 3 is 2.78 bits per heavy atom. The third kappa shape index (κ3) is 4.89. The minimum atomic E-state index is 0.134. The van der Waals surface area contributed by atoms with E-state index in [4.69, 9.17) is 9.15 Å². The average molecular weight is 433 g/mol. The van der Waals surface area contributed by atoms with Crippen LogP contribution in [0, 0.1) is 5.92 Å². The Balaban J connectivity index is 1.29. The fourth-order valence-electron chi connectivity index (χ4n) is 5.04. The van der Waals surface area contributed by atoms with E-state index in [1.807, 2.05) is 23.1 Å². The van der Waals surface area contributed by atoms with Crippen LogP contribution in [0.15, 0.2) is 59.2 Å². The molecule has 2 fully saturated rings. The molecule has 1 atom stereocenters. The molecular formula is C27H32N2O3. The van der Waals surface area contributed by atoms with Crippen LogP contribution in [0.25, 0.3) is 11.0 Å². The van der Waals surface area contributed by atoms with Gasteiger partial charge in [0.05, 0.1) is 19.5 Å². The van der Waals surface area contributed by atoms with Gasteiger partial charge < -0.3 is 14.1 Å². The third-order valence-corrected chi connectivity index (χ3v) is 6.76. The molecule has 5 rings (SSSR count). The summed E-state index contributed by atoms with van der Waals surface area (Å²) in [5.74, 6) is 0.401. The molecule has 5 nitrogen and oxygen atoms in total. The van der Waals surface area contributed by atoms with Crippen molar-refractivity contribution in [2.24, 2.45) is 5.92 Å². The highest BCUT2D eigenvalue weighted by Gasteiger charge is 2.25. The molecule has 32 heavy (non-hydrogen) atoms. The number of hydrogen-bond acceptors (Lipinski definition) is 4. The molecule has 5 heteroatoms. The van der Waals surface area contributed by atoms with Gasteiger partial charge in [0.15, 0.2) is 0 Å². The van der Waals surface area contributed by atoms with E-state index in [-0.39, 0.29) is 11.8 Å². The van der Waals surface area contributed by atoms with Gasteiger partial charge in [-0.15, -0.1) is 0 Å². The summed E-state index contributed by atoms with van der Waals surface area (Å²) in [4.78, 5) is 18.1. The second-order valence-corrected chi connectivity index (χ2v) is 9.18. The molecule has 168 valence electrons. The first kappa shape index (κ1) is 21.2. The number of nitrogens with zero attached hydrogens (tertiary/aromatic N) is 2. The van der Waals surface area contributed by atoms with Crippen molar-refractivity contribution in [3.8, 4) is 0 Å². The monoisotopic (exact) mass is 432 g/mol. The van der Waals surface area contributed by atoms with Gasteiger partial charge >= 0.3 is 0 Å². The second kappa shape index (κ2) is 9.88. The fraction of sp³-hybridized carbons (Fsp3) is 0.444. The van der Waals surface area contributed by atoms with E-state index in [1.165, 1.54) is 24.8 Å². The topological polar surface area (TPSA) is 45.9 Å². The normalized spacial score (nSPS) is 20.4. The summed E-state index contributed by atoms with van der Waals surface area (Å²) in [5.41, 5.74) is 4.12. The number of amides is 1. The van der Waals surface area contributed by atoms with Crippen LogP contribution in [0.5, 0.6) is 0 Å². The maximum Gasteiger partial charge on any atom is 0.254 e. The van der Waals surface area contributed by atoms with Crippen LogP contribution in [0.1, 0.15) is 40.7 Å². The lowest BCUT2D eigenvalue weighted by Gasteiger charge is -2.28. The van der Waals surface area contributed by atoms with Crippen molar-refractivity contribution in [2.75, 3.05) is 39.4 Å². The summed E-state index contributed by atoms with van der Waals surface area (Å²) >= 11 is 0. The molecule has 1 aromatic heterocycles. The van der Waals surface area contributed by atoms with Crippen molar-refractivity contribution in [3.63, 3.8) is 0 Å². The molecule has 3 aromatic rings. The van der Waals surface area contributed by atoms with E-state index >= 15 is 0 Å². The zero-order chi connectivity index (χ0) is 21.8. The first-order valence-electron chi connectivity index (χ1n) is 11.9. The van der Waals surface area contributed by atoms with Gasteiger partial charge in [0.2, 0.25) is 0 Å². The molecule has 0 N–H and O–H groups in total. The van der Waals surface area contributed by atoms with Gasteiger partial charge in [0.1, 0.15) is 5.58 Å². The number of fused-ring (bicyclic) bond motifs is 1. The first-order valence-corrected chi connectivity index (χ1v) is 11.9. The molecular weight excluding hydrogens is 400 g/mol. The fourth-order valence-corrected chi connectivity index (χ4v) is 5.04. The van der Waals surface area contributed by atoms with Crippen LogP contribution in [-0.4, -0.2) is 55.1 Å². The summed E-state index contributed by atoms with van der Waals surface area (Å²) in [5, 5.41) is 1.12. The summed E-state index contributed by atoms with van der Waals surface area (Å²) in [7, 11) is 0. The quantitative estimate of drug-likeness (QED) is 0.584. The number of furan rings is 1. The molecule has 0 saturated carbocycles. The van der Waals surface area contributed by atoms with Crippen molar-refractivity contribution in [1.82, 2.24) is 9.80 Å². The smallest absolute Gasteiger partial charge is 0.254 e.